The van der Waals surface area contributed by atoms with E-state index in [1.807, 2.05) is 39.0 Å². The predicted octanol–water partition coefficient (Wildman–Crippen LogP) is 3.63. The molecule has 0 N–H and O–H groups in total. The summed E-state index contributed by atoms with van der Waals surface area (Å²) in [5, 5.41) is 8.68. The third-order valence-corrected chi connectivity index (χ3v) is 6.96. The third-order valence-electron chi connectivity index (χ3n) is 3.30. The summed E-state index contributed by atoms with van der Waals surface area (Å²) in [7, 11) is -2.85. The fourth-order valence-electron chi connectivity index (χ4n) is 2.57. The molecule has 0 heterocycles. The van der Waals surface area contributed by atoms with Gasteiger partial charge in [-0.3, -0.25) is 0 Å². The van der Waals surface area contributed by atoms with E-state index in [0.717, 1.165) is 12.0 Å². The summed E-state index contributed by atoms with van der Waals surface area (Å²) in [6.45, 7) is 9.54. The van der Waals surface area contributed by atoms with Crippen molar-refractivity contribution in [2.45, 2.75) is 39.7 Å². The van der Waals surface area contributed by atoms with E-state index in [1.165, 1.54) is 0 Å². The van der Waals surface area contributed by atoms with Gasteiger partial charge in [-0.15, -0.1) is 5.26 Å². The van der Waals surface area contributed by atoms with E-state index >= 15 is 0 Å². The Bertz CT molecular complexity index is 472. The molecule has 0 saturated carbocycles. The van der Waals surface area contributed by atoms with Gasteiger partial charge in [0.15, 0.2) is 0 Å². The van der Waals surface area contributed by atoms with E-state index in [1.54, 1.807) is 12.3 Å². The normalized spacial score (nSPS) is 12.7. The summed E-state index contributed by atoms with van der Waals surface area (Å²) in [6, 6.07) is 7.48. The van der Waals surface area contributed by atoms with Crippen molar-refractivity contribution in [2.24, 2.45) is 0 Å². The number of hydrogen-bond acceptors (Lipinski definition) is 5. The van der Waals surface area contributed by atoms with Crippen molar-refractivity contribution in [1.29, 1.82) is 5.26 Å². The molecule has 0 spiro atoms. The van der Waals surface area contributed by atoms with Gasteiger partial charge in [-0.1, -0.05) is 19.1 Å². The highest BCUT2D eigenvalue weighted by molar-refractivity contribution is 6.62. The molecular formula is C16H25NO4Si. The number of nitriles is 1. The zero-order valence-corrected chi connectivity index (χ0v) is 14.8. The van der Waals surface area contributed by atoms with Crippen LogP contribution >= 0.6 is 0 Å². The second-order valence-electron chi connectivity index (χ2n) is 4.63. The van der Waals surface area contributed by atoms with Crippen LogP contribution in [-0.2, 0) is 13.3 Å². The Hall–Kier alpha value is -1.39. The average Bonchev–Trinajstić information content (AvgIpc) is 2.49. The molecule has 0 aliphatic rings. The van der Waals surface area contributed by atoms with Gasteiger partial charge in [0.2, 0.25) is 0 Å². The molecule has 0 aromatic heterocycles. The Kier molecular flexibility index (Phi) is 8.13. The highest BCUT2D eigenvalue weighted by Crippen LogP contribution is 2.34. The summed E-state index contributed by atoms with van der Waals surface area (Å²) in [5.41, 5.74) is 1.02. The van der Waals surface area contributed by atoms with E-state index < -0.39 is 8.80 Å². The summed E-state index contributed by atoms with van der Waals surface area (Å²) in [4.78, 5) is 0. The van der Waals surface area contributed by atoms with Crippen LogP contribution in [0.1, 0.15) is 45.2 Å². The highest BCUT2D eigenvalue weighted by Gasteiger charge is 2.49. The largest absolute Gasteiger partial charge is 0.508 e. The Morgan fingerprint density at radius 2 is 1.64 bits per heavy atom. The number of hydrogen-bond donors (Lipinski definition) is 0. The molecule has 1 unspecified atom stereocenters. The van der Waals surface area contributed by atoms with Crippen LogP contribution in [0.3, 0.4) is 0 Å². The van der Waals surface area contributed by atoms with Crippen LogP contribution in [0.15, 0.2) is 24.3 Å². The zero-order valence-electron chi connectivity index (χ0n) is 13.8. The molecule has 0 fully saturated rings. The minimum absolute atomic E-state index is 0.00888. The fourth-order valence-corrected chi connectivity index (χ4v) is 5.72. The van der Waals surface area contributed by atoms with Gasteiger partial charge in [0.05, 0.1) is 5.54 Å². The Morgan fingerprint density at radius 3 is 2.09 bits per heavy atom. The molecule has 122 valence electrons. The van der Waals surface area contributed by atoms with Crippen molar-refractivity contribution in [3.8, 4) is 12.0 Å². The van der Waals surface area contributed by atoms with Crippen LogP contribution in [0.4, 0.5) is 0 Å². The molecule has 1 aromatic rings. The number of benzene rings is 1. The summed E-state index contributed by atoms with van der Waals surface area (Å²) >= 11 is 0. The minimum atomic E-state index is -2.85. The lowest BCUT2D eigenvalue weighted by Gasteiger charge is -2.35. The first-order valence-electron chi connectivity index (χ1n) is 7.75. The van der Waals surface area contributed by atoms with Crippen LogP contribution in [0.5, 0.6) is 5.75 Å². The Morgan fingerprint density at radius 1 is 1.05 bits per heavy atom. The minimum Gasteiger partial charge on any atom is -0.388 e. The smallest absolute Gasteiger partial charge is 0.388 e. The number of rotatable bonds is 10. The second-order valence-corrected chi connectivity index (χ2v) is 7.40. The van der Waals surface area contributed by atoms with Gasteiger partial charge in [-0.25, -0.2) is 0 Å². The van der Waals surface area contributed by atoms with Gasteiger partial charge in [-0.2, -0.15) is 0 Å². The second kappa shape index (κ2) is 9.59. The van der Waals surface area contributed by atoms with Crippen LogP contribution in [0.25, 0.3) is 0 Å². The molecule has 1 atom stereocenters. The van der Waals surface area contributed by atoms with Crippen LogP contribution in [-0.4, -0.2) is 28.6 Å². The van der Waals surface area contributed by atoms with Crippen LogP contribution in [0, 0.1) is 11.5 Å². The first-order chi connectivity index (χ1) is 10.7. The Labute approximate surface area is 134 Å². The SMILES string of the molecule is CCO[Si](OCC)(OCC)C(CC)c1cccc(OC#N)c1. The van der Waals surface area contributed by atoms with Crippen molar-refractivity contribution in [2.75, 3.05) is 19.8 Å². The van der Waals surface area contributed by atoms with Crippen molar-refractivity contribution in [3.05, 3.63) is 29.8 Å². The van der Waals surface area contributed by atoms with E-state index in [-0.39, 0.29) is 5.54 Å². The average molecular weight is 323 g/mol. The first-order valence-corrected chi connectivity index (χ1v) is 9.55. The third kappa shape index (κ3) is 4.55. The summed E-state index contributed by atoms with van der Waals surface area (Å²) < 4.78 is 23.0. The molecule has 5 nitrogen and oxygen atoms in total. The molecule has 1 aromatic carbocycles. The zero-order chi connectivity index (χ0) is 16.4. The van der Waals surface area contributed by atoms with Gasteiger partial charge in [0.1, 0.15) is 5.75 Å². The topological polar surface area (TPSA) is 60.7 Å². The molecule has 0 aliphatic carbocycles. The molecule has 1 rings (SSSR count). The van der Waals surface area contributed by atoms with Crippen molar-refractivity contribution in [3.63, 3.8) is 0 Å². The summed E-state index contributed by atoms with van der Waals surface area (Å²) in [5.74, 6) is 0.519. The lowest BCUT2D eigenvalue weighted by atomic mass is 10.1. The highest BCUT2D eigenvalue weighted by atomic mass is 28.4. The number of ether oxygens (including phenoxy) is 1. The van der Waals surface area contributed by atoms with Crippen molar-refractivity contribution in [1.82, 2.24) is 0 Å². The van der Waals surface area contributed by atoms with Gasteiger partial charge in [-0.05, 0) is 44.9 Å². The molecular weight excluding hydrogens is 298 g/mol. The van der Waals surface area contributed by atoms with E-state index in [4.69, 9.17) is 23.3 Å². The molecule has 0 bridgehead atoms. The molecule has 22 heavy (non-hydrogen) atoms. The lowest BCUT2D eigenvalue weighted by Crippen LogP contribution is -2.51. The molecule has 0 amide bonds. The lowest BCUT2D eigenvalue weighted by molar-refractivity contribution is 0.0611. The molecule has 0 aliphatic heterocycles. The maximum absolute atomic E-state index is 8.68. The summed E-state index contributed by atoms with van der Waals surface area (Å²) in [6.07, 6.45) is 2.52. The van der Waals surface area contributed by atoms with E-state index in [9.17, 15) is 0 Å². The maximum Gasteiger partial charge on any atom is 0.508 e. The predicted molar refractivity (Wildman–Crippen MR) is 86.3 cm³/mol. The van der Waals surface area contributed by atoms with Gasteiger partial charge >= 0.3 is 8.80 Å². The molecule has 0 saturated heterocycles. The standard InChI is InChI=1S/C16H25NO4Si/c1-5-16(14-10-9-11-15(12-14)18-13-17)22(19-6-2,20-7-3)21-8-4/h9-12,16H,5-8H2,1-4H3. The van der Waals surface area contributed by atoms with Gasteiger partial charge < -0.3 is 18.0 Å². The first kappa shape index (κ1) is 18.7. The van der Waals surface area contributed by atoms with E-state index in [2.05, 4.69) is 6.92 Å². The van der Waals surface area contributed by atoms with Crippen molar-refractivity contribution < 1.29 is 18.0 Å². The van der Waals surface area contributed by atoms with Crippen LogP contribution < -0.4 is 4.74 Å². The molecule has 6 heteroatoms. The maximum atomic E-state index is 8.68. The van der Waals surface area contributed by atoms with Crippen molar-refractivity contribution >= 4 is 8.80 Å². The quantitative estimate of drug-likeness (QED) is 0.486. The van der Waals surface area contributed by atoms with E-state index in [0.29, 0.717) is 25.6 Å². The van der Waals surface area contributed by atoms with Crippen LogP contribution in [0.2, 0.25) is 0 Å². The Balaban J connectivity index is 3.22. The van der Waals surface area contributed by atoms with Gasteiger partial charge in [0, 0.05) is 19.8 Å². The van der Waals surface area contributed by atoms with Gasteiger partial charge in [0.25, 0.3) is 6.26 Å². The monoisotopic (exact) mass is 323 g/mol. The molecule has 0 radical (unpaired) electrons. The fraction of sp³-hybridized carbons (Fsp3) is 0.562. The number of nitrogens with zero attached hydrogens (tertiary/aromatic N) is 1.